The lowest BCUT2D eigenvalue weighted by Gasteiger charge is -2.07. The molecule has 0 spiro atoms. The summed E-state index contributed by atoms with van der Waals surface area (Å²) < 4.78 is 58.1. The maximum Gasteiger partial charge on any atom is 0.309 e. The predicted molar refractivity (Wildman–Crippen MR) is 146 cm³/mol. The van der Waals surface area contributed by atoms with Crippen molar-refractivity contribution >= 4 is 20.2 Å². The van der Waals surface area contributed by atoms with Crippen LogP contribution in [0.25, 0.3) is 0 Å². The number of hydrogen-bond acceptors (Lipinski definition) is 6. The molecule has 0 N–H and O–H groups in total. The quantitative estimate of drug-likeness (QED) is 0.123. The standard InChI is InChI=1S/C28H42O6S2/c29-35(30,33-27-21-15-13-16-22-27)25-19-11-9-7-5-3-1-2-4-6-8-10-12-20-26-36(31,32)34-28-23-17-14-18-24-28/h13-18,21-24H,1-12,19-20,25-26H2. The van der Waals surface area contributed by atoms with Crippen molar-refractivity contribution in [2.45, 2.75) is 89.9 Å². The van der Waals surface area contributed by atoms with Crippen molar-refractivity contribution in [2.24, 2.45) is 0 Å². The molecule has 0 aliphatic rings. The van der Waals surface area contributed by atoms with Crippen LogP contribution in [0.15, 0.2) is 60.7 Å². The Morgan fingerprint density at radius 3 is 0.917 bits per heavy atom. The minimum Gasteiger partial charge on any atom is -0.382 e. The summed E-state index contributed by atoms with van der Waals surface area (Å²) in [5.74, 6) is 0.883. The van der Waals surface area contributed by atoms with Crippen molar-refractivity contribution in [1.29, 1.82) is 0 Å². The molecule has 0 radical (unpaired) electrons. The summed E-state index contributed by atoms with van der Waals surface area (Å²) >= 11 is 0. The fourth-order valence-corrected chi connectivity index (χ4v) is 6.10. The molecule has 0 saturated carbocycles. The average Bonchev–Trinajstić information content (AvgIpc) is 2.84. The number of unbranched alkanes of at least 4 members (excludes halogenated alkanes) is 13. The van der Waals surface area contributed by atoms with E-state index in [1.54, 1.807) is 48.5 Å². The van der Waals surface area contributed by atoms with Crippen LogP contribution in [0.2, 0.25) is 0 Å². The summed E-state index contributed by atoms with van der Waals surface area (Å²) in [5, 5.41) is 0. The second-order valence-corrected chi connectivity index (χ2v) is 12.6. The van der Waals surface area contributed by atoms with Crippen molar-refractivity contribution in [2.75, 3.05) is 11.5 Å². The maximum atomic E-state index is 12.0. The Bertz CT molecular complexity index is 937. The van der Waals surface area contributed by atoms with E-state index in [9.17, 15) is 16.8 Å². The minimum atomic E-state index is -3.50. The largest absolute Gasteiger partial charge is 0.382 e. The lowest BCUT2D eigenvalue weighted by Crippen LogP contribution is -2.13. The SMILES string of the molecule is O=S(=O)(CCCCCCCCCCCCCCCCS(=O)(=O)Oc1ccccc1)Oc1ccccc1. The zero-order valence-corrected chi connectivity index (χ0v) is 23.0. The molecule has 6 nitrogen and oxygen atoms in total. The molecule has 8 heteroatoms. The highest BCUT2D eigenvalue weighted by Gasteiger charge is 2.13. The highest BCUT2D eigenvalue weighted by Crippen LogP contribution is 2.16. The first-order chi connectivity index (χ1) is 17.4. The van der Waals surface area contributed by atoms with E-state index in [0.29, 0.717) is 24.3 Å². The van der Waals surface area contributed by atoms with Gasteiger partial charge in [0.15, 0.2) is 0 Å². The van der Waals surface area contributed by atoms with Crippen LogP contribution in [0.5, 0.6) is 11.5 Å². The van der Waals surface area contributed by atoms with Crippen LogP contribution >= 0.6 is 0 Å². The van der Waals surface area contributed by atoms with Gasteiger partial charge in [-0.1, -0.05) is 113 Å². The Morgan fingerprint density at radius 1 is 0.389 bits per heavy atom. The van der Waals surface area contributed by atoms with Gasteiger partial charge in [-0.05, 0) is 37.1 Å². The third-order valence-corrected chi connectivity index (χ3v) is 8.44. The van der Waals surface area contributed by atoms with Crippen LogP contribution < -0.4 is 8.37 Å². The first-order valence-electron chi connectivity index (χ1n) is 13.3. The highest BCUT2D eigenvalue weighted by atomic mass is 32.2. The van der Waals surface area contributed by atoms with E-state index in [4.69, 9.17) is 8.37 Å². The van der Waals surface area contributed by atoms with Gasteiger partial charge in [-0.15, -0.1) is 0 Å². The molecule has 2 aromatic rings. The molecular formula is C28H42O6S2. The van der Waals surface area contributed by atoms with Crippen LogP contribution in [-0.2, 0) is 20.2 Å². The smallest absolute Gasteiger partial charge is 0.309 e. The fraction of sp³-hybridized carbons (Fsp3) is 0.571. The number of hydrogen-bond donors (Lipinski definition) is 0. The molecule has 0 aromatic heterocycles. The summed E-state index contributed by atoms with van der Waals surface area (Å²) in [6.45, 7) is 0. The second-order valence-electron chi connectivity index (χ2n) is 9.27. The van der Waals surface area contributed by atoms with Crippen LogP contribution in [0, 0.1) is 0 Å². The molecule has 0 bridgehead atoms. The van der Waals surface area contributed by atoms with Gasteiger partial charge in [-0.25, -0.2) is 0 Å². The van der Waals surface area contributed by atoms with E-state index in [1.807, 2.05) is 12.1 Å². The fourth-order valence-electron chi connectivity index (χ4n) is 4.01. The molecule has 36 heavy (non-hydrogen) atoms. The molecule has 0 amide bonds. The van der Waals surface area contributed by atoms with Crippen LogP contribution in [0.3, 0.4) is 0 Å². The van der Waals surface area contributed by atoms with E-state index in [2.05, 4.69) is 0 Å². The molecule has 0 aliphatic heterocycles. The zero-order chi connectivity index (χ0) is 26.0. The van der Waals surface area contributed by atoms with Gasteiger partial charge in [0.25, 0.3) is 0 Å². The monoisotopic (exact) mass is 538 g/mol. The third kappa shape index (κ3) is 15.1. The first kappa shape index (κ1) is 30.2. The zero-order valence-electron chi connectivity index (χ0n) is 21.4. The van der Waals surface area contributed by atoms with Crippen molar-refractivity contribution < 1.29 is 25.2 Å². The van der Waals surface area contributed by atoms with Crippen LogP contribution in [0.4, 0.5) is 0 Å². The topological polar surface area (TPSA) is 86.7 Å². The molecule has 0 atom stereocenters. The second kappa shape index (κ2) is 17.4. The van der Waals surface area contributed by atoms with Gasteiger partial charge in [0.05, 0.1) is 11.5 Å². The van der Waals surface area contributed by atoms with E-state index < -0.39 is 20.2 Å². The molecule has 0 saturated heterocycles. The molecule has 0 fully saturated rings. The van der Waals surface area contributed by atoms with Gasteiger partial charge >= 0.3 is 20.2 Å². The molecule has 202 valence electrons. The molecule has 0 heterocycles. The Labute approximate surface area is 218 Å². The van der Waals surface area contributed by atoms with E-state index in [-0.39, 0.29) is 11.5 Å². The Hall–Kier alpha value is -2.06. The molecule has 0 aliphatic carbocycles. The van der Waals surface area contributed by atoms with Gasteiger partial charge in [0.2, 0.25) is 0 Å². The van der Waals surface area contributed by atoms with E-state index in [1.165, 1.54) is 38.5 Å². The third-order valence-electron chi connectivity index (χ3n) is 5.97. The van der Waals surface area contributed by atoms with E-state index in [0.717, 1.165) is 38.5 Å². The lowest BCUT2D eigenvalue weighted by atomic mass is 10.0. The maximum absolute atomic E-state index is 12.0. The number of benzene rings is 2. The van der Waals surface area contributed by atoms with Gasteiger partial charge in [0.1, 0.15) is 11.5 Å². The van der Waals surface area contributed by atoms with Gasteiger partial charge in [0, 0.05) is 0 Å². The first-order valence-corrected chi connectivity index (χ1v) is 16.5. The Morgan fingerprint density at radius 2 is 0.639 bits per heavy atom. The van der Waals surface area contributed by atoms with Crippen LogP contribution in [0.1, 0.15) is 89.9 Å². The molecular weight excluding hydrogens is 496 g/mol. The van der Waals surface area contributed by atoms with Gasteiger partial charge in [-0.2, -0.15) is 16.8 Å². The molecule has 2 aromatic carbocycles. The van der Waals surface area contributed by atoms with Gasteiger partial charge in [-0.3, -0.25) is 0 Å². The average molecular weight is 539 g/mol. The molecule has 0 unspecified atom stereocenters. The molecule has 2 rings (SSSR count). The van der Waals surface area contributed by atoms with Crippen molar-refractivity contribution in [3.63, 3.8) is 0 Å². The Kier molecular flexibility index (Phi) is 14.6. The normalized spacial score (nSPS) is 11.9. The summed E-state index contributed by atoms with van der Waals surface area (Å²) in [5.41, 5.74) is 0. The van der Waals surface area contributed by atoms with Crippen molar-refractivity contribution in [3.8, 4) is 11.5 Å². The van der Waals surface area contributed by atoms with Crippen molar-refractivity contribution in [1.82, 2.24) is 0 Å². The van der Waals surface area contributed by atoms with Crippen molar-refractivity contribution in [3.05, 3.63) is 60.7 Å². The number of rotatable bonds is 21. The lowest BCUT2D eigenvalue weighted by molar-refractivity contribution is 0.479. The summed E-state index contributed by atoms with van der Waals surface area (Å²) in [7, 11) is -7.01. The summed E-state index contributed by atoms with van der Waals surface area (Å²) in [6, 6.07) is 17.3. The minimum absolute atomic E-state index is 0.0686. The summed E-state index contributed by atoms with van der Waals surface area (Å²) in [6.07, 6.45) is 14.9. The van der Waals surface area contributed by atoms with Crippen LogP contribution in [-0.4, -0.2) is 28.3 Å². The Balaban J connectivity index is 1.33. The van der Waals surface area contributed by atoms with Gasteiger partial charge < -0.3 is 8.37 Å². The highest BCUT2D eigenvalue weighted by molar-refractivity contribution is 7.87. The number of para-hydroxylation sites is 2. The summed E-state index contributed by atoms with van der Waals surface area (Å²) in [4.78, 5) is 0. The predicted octanol–water partition coefficient (Wildman–Crippen LogP) is 7.27. The van der Waals surface area contributed by atoms with E-state index >= 15 is 0 Å².